The van der Waals surface area contributed by atoms with E-state index in [4.69, 9.17) is 5.73 Å². The van der Waals surface area contributed by atoms with Gasteiger partial charge in [0.05, 0.1) is 5.69 Å². The molecule has 2 N–H and O–H groups in total. The third kappa shape index (κ3) is 2.66. The Morgan fingerprint density at radius 2 is 1.50 bits per heavy atom. The van der Waals surface area contributed by atoms with Gasteiger partial charge in [-0.05, 0) is 0 Å². The van der Waals surface area contributed by atoms with Gasteiger partial charge in [0.15, 0.2) is 5.01 Å². The number of rotatable bonds is 4. The van der Waals surface area contributed by atoms with Gasteiger partial charge < -0.3 is 5.73 Å². The molecule has 0 aliphatic heterocycles. The van der Waals surface area contributed by atoms with E-state index in [2.05, 4.69) is 4.98 Å². The Labute approximate surface area is 131 Å². The zero-order valence-electron chi connectivity index (χ0n) is 11.5. The van der Waals surface area contributed by atoms with Gasteiger partial charge in [-0.25, -0.2) is 4.98 Å². The number of primary amides is 1. The Morgan fingerprint density at radius 1 is 0.909 bits per heavy atom. The molecule has 1 heterocycles. The molecule has 3 aromatic rings. The molecule has 0 saturated carbocycles. The van der Waals surface area contributed by atoms with Gasteiger partial charge in [-0.15, -0.1) is 11.3 Å². The normalized spacial score (nSPS) is 10.4. The zero-order chi connectivity index (χ0) is 15.5. The fourth-order valence-electron chi connectivity index (χ4n) is 2.09. The topological polar surface area (TPSA) is 73.1 Å². The third-order valence-electron chi connectivity index (χ3n) is 3.13. The second-order valence-electron chi connectivity index (χ2n) is 4.62. The minimum atomic E-state index is -0.630. The number of aromatic nitrogens is 1. The number of nitrogens with two attached hydrogens (primary N) is 1. The van der Waals surface area contributed by atoms with Crippen molar-refractivity contribution in [3.63, 3.8) is 0 Å². The van der Waals surface area contributed by atoms with Crippen LogP contribution in [0.15, 0.2) is 60.7 Å². The highest BCUT2D eigenvalue weighted by molar-refractivity contribution is 7.16. The monoisotopic (exact) mass is 308 g/mol. The lowest BCUT2D eigenvalue weighted by atomic mass is 10.1. The maximum Gasteiger partial charge on any atom is 0.277 e. The summed E-state index contributed by atoms with van der Waals surface area (Å²) in [6.45, 7) is 0. The van der Waals surface area contributed by atoms with Crippen LogP contribution in [0.1, 0.15) is 25.0 Å². The van der Waals surface area contributed by atoms with Crippen molar-refractivity contribution in [2.45, 2.75) is 0 Å². The number of amides is 1. The van der Waals surface area contributed by atoms with Crippen molar-refractivity contribution in [2.24, 2.45) is 5.73 Å². The quantitative estimate of drug-likeness (QED) is 0.752. The molecule has 2 aromatic carbocycles. The molecule has 0 unspecified atom stereocenters. The lowest BCUT2D eigenvalue weighted by Crippen LogP contribution is -2.10. The molecule has 0 aliphatic carbocycles. The lowest BCUT2D eigenvalue weighted by Gasteiger charge is -2.02. The Hall–Kier alpha value is -2.79. The highest BCUT2D eigenvalue weighted by Gasteiger charge is 2.22. The first-order valence-corrected chi connectivity index (χ1v) is 7.44. The predicted octanol–water partition coefficient (Wildman–Crippen LogP) is 3.14. The van der Waals surface area contributed by atoms with Crippen LogP contribution in [0.4, 0.5) is 0 Å². The van der Waals surface area contributed by atoms with Crippen molar-refractivity contribution in [1.82, 2.24) is 4.98 Å². The number of hydrogen-bond acceptors (Lipinski definition) is 4. The average molecular weight is 308 g/mol. The van der Waals surface area contributed by atoms with E-state index in [1.807, 2.05) is 36.4 Å². The smallest absolute Gasteiger partial charge is 0.277 e. The fraction of sp³-hybridized carbons (Fsp3) is 0. The number of nitrogens with zero attached hydrogens (tertiary/aromatic N) is 1. The highest BCUT2D eigenvalue weighted by Crippen LogP contribution is 2.30. The van der Waals surface area contributed by atoms with E-state index < -0.39 is 5.91 Å². The van der Waals surface area contributed by atoms with E-state index in [1.165, 1.54) is 0 Å². The van der Waals surface area contributed by atoms with Crippen LogP contribution >= 0.6 is 11.3 Å². The maximum atomic E-state index is 12.7. The van der Waals surface area contributed by atoms with Crippen LogP contribution in [0.2, 0.25) is 0 Å². The molecule has 0 bridgehead atoms. The Bertz CT molecular complexity index is 826. The average Bonchev–Trinajstić information content (AvgIpc) is 3.01. The molecule has 0 spiro atoms. The first kappa shape index (κ1) is 14.2. The van der Waals surface area contributed by atoms with Crippen molar-refractivity contribution >= 4 is 23.0 Å². The van der Waals surface area contributed by atoms with Crippen molar-refractivity contribution in [3.05, 3.63) is 76.1 Å². The van der Waals surface area contributed by atoms with Gasteiger partial charge >= 0.3 is 0 Å². The van der Waals surface area contributed by atoms with Crippen LogP contribution in [-0.2, 0) is 0 Å². The Balaban J connectivity index is 2.14. The van der Waals surface area contributed by atoms with Crippen molar-refractivity contribution < 1.29 is 9.59 Å². The molecule has 0 atom stereocenters. The maximum absolute atomic E-state index is 12.7. The first-order valence-electron chi connectivity index (χ1n) is 6.62. The molecule has 5 heteroatoms. The van der Waals surface area contributed by atoms with Crippen molar-refractivity contribution in [1.29, 1.82) is 0 Å². The molecule has 0 fully saturated rings. The van der Waals surface area contributed by atoms with Gasteiger partial charge in [-0.2, -0.15) is 0 Å². The van der Waals surface area contributed by atoms with Gasteiger partial charge in [-0.3, -0.25) is 9.59 Å². The van der Waals surface area contributed by atoms with E-state index in [1.54, 1.807) is 24.3 Å². The molecule has 0 radical (unpaired) electrons. The van der Waals surface area contributed by atoms with E-state index in [-0.39, 0.29) is 10.8 Å². The summed E-state index contributed by atoms with van der Waals surface area (Å²) in [5.74, 6) is -0.793. The molecule has 0 aliphatic rings. The molecule has 0 saturated heterocycles. The molecule has 4 nitrogen and oxygen atoms in total. The number of thiazole rings is 1. The third-order valence-corrected chi connectivity index (χ3v) is 4.20. The van der Waals surface area contributed by atoms with E-state index in [0.29, 0.717) is 16.1 Å². The standard InChI is InChI=1S/C17H12N2O2S/c18-16(21)17-19-13(11-7-3-1-4-8-11)15(22-17)14(20)12-9-5-2-6-10-12/h1-10H,(H2,18,21). The second kappa shape index (κ2) is 5.91. The summed E-state index contributed by atoms with van der Waals surface area (Å²) in [7, 11) is 0. The molecule has 22 heavy (non-hydrogen) atoms. The van der Waals surface area contributed by atoms with E-state index >= 15 is 0 Å². The molecule has 3 rings (SSSR count). The summed E-state index contributed by atoms with van der Waals surface area (Å²) in [6, 6.07) is 18.2. The number of carbonyl (C=O) groups excluding carboxylic acids is 2. The van der Waals surface area contributed by atoms with Gasteiger partial charge in [0, 0.05) is 11.1 Å². The Morgan fingerprint density at radius 3 is 2.09 bits per heavy atom. The summed E-state index contributed by atoms with van der Waals surface area (Å²) < 4.78 is 0. The largest absolute Gasteiger partial charge is 0.364 e. The minimum absolute atomic E-state index is 0.137. The SMILES string of the molecule is NC(=O)c1nc(-c2ccccc2)c(C(=O)c2ccccc2)s1. The highest BCUT2D eigenvalue weighted by atomic mass is 32.1. The van der Waals surface area contributed by atoms with Gasteiger partial charge in [0.1, 0.15) is 4.88 Å². The van der Waals surface area contributed by atoms with E-state index in [0.717, 1.165) is 16.9 Å². The molecule has 1 amide bonds. The van der Waals surface area contributed by atoms with Crippen LogP contribution in [0.25, 0.3) is 11.3 Å². The zero-order valence-corrected chi connectivity index (χ0v) is 12.3. The number of ketones is 1. The fourth-order valence-corrected chi connectivity index (χ4v) is 2.99. The number of carbonyl (C=O) groups is 2. The van der Waals surface area contributed by atoms with Crippen molar-refractivity contribution in [2.75, 3.05) is 0 Å². The Kier molecular flexibility index (Phi) is 3.80. The van der Waals surface area contributed by atoms with Crippen LogP contribution in [-0.4, -0.2) is 16.7 Å². The van der Waals surface area contributed by atoms with Crippen LogP contribution in [0.3, 0.4) is 0 Å². The molecular formula is C17H12N2O2S. The van der Waals surface area contributed by atoms with Crippen LogP contribution in [0, 0.1) is 0 Å². The summed E-state index contributed by atoms with van der Waals surface area (Å²) in [6.07, 6.45) is 0. The lowest BCUT2D eigenvalue weighted by molar-refractivity contribution is 0.0998. The first-order chi connectivity index (χ1) is 10.7. The number of benzene rings is 2. The van der Waals surface area contributed by atoms with Crippen LogP contribution in [0.5, 0.6) is 0 Å². The summed E-state index contributed by atoms with van der Waals surface area (Å²) in [5, 5.41) is 0.137. The molecule has 108 valence electrons. The van der Waals surface area contributed by atoms with Gasteiger partial charge in [-0.1, -0.05) is 60.7 Å². The van der Waals surface area contributed by atoms with Gasteiger partial charge in [0.25, 0.3) is 5.91 Å². The minimum Gasteiger partial charge on any atom is -0.364 e. The van der Waals surface area contributed by atoms with Crippen LogP contribution < -0.4 is 5.73 Å². The second-order valence-corrected chi connectivity index (χ2v) is 5.62. The molecule has 1 aromatic heterocycles. The van der Waals surface area contributed by atoms with Crippen molar-refractivity contribution in [3.8, 4) is 11.3 Å². The summed E-state index contributed by atoms with van der Waals surface area (Å²) in [5.41, 5.74) is 7.14. The number of hydrogen-bond donors (Lipinski definition) is 1. The van der Waals surface area contributed by atoms with Gasteiger partial charge in [0.2, 0.25) is 5.78 Å². The summed E-state index contributed by atoms with van der Waals surface area (Å²) in [4.78, 5) is 28.8. The predicted molar refractivity (Wildman–Crippen MR) is 85.9 cm³/mol. The van der Waals surface area contributed by atoms with E-state index in [9.17, 15) is 9.59 Å². The summed E-state index contributed by atoms with van der Waals surface area (Å²) >= 11 is 1.03. The molecular weight excluding hydrogens is 296 g/mol.